The van der Waals surface area contributed by atoms with Crippen LogP contribution in [0, 0.1) is 4.77 Å². The van der Waals surface area contributed by atoms with E-state index < -0.39 is 0 Å². The average molecular weight is 328 g/mol. The van der Waals surface area contributed by atoms with E-state index in [9.17, 15) is 4.79 Å². The summed E-state index contributed by atoms with van der Waals surface area (Å²) in [6.07, 6.45) is 4.22. The number of aromatic amines is 1. The molecule has 1 N–H and O–H groups in total. The van der Waals surface area contributed by atoms with E-state index in [0.29, 0.717) is 4.77 Å². The zero-order valence-corrected chi connectivity index (χ0v) is 13.9. The highest BCUT2D eigenvalue weighted by Gasteiger charge is 2.21. The van der Waals surface area contributed by atoms with Crippen LogP contribution >= 0.6 is 23.6 Å². The molecule has 5 heteroatoms. The maximum atomic E-state index is 13.0. The molecule has 3 nitrogen and oxygen atoms in total. The summed E-state index contributed by atoms with van der Waals surface area (Å²) in [6, 6.07) is 8.06. The van der Waals surface area contributed by atoms with Gasteiger partial charge in [-0.2, -0.15) is 0 Å². The fourth-order valence-electron chi connectivity index (χ4n) is 3.19. The zero-order chi connectivity index (χ0) is 15.3. The van der Waals surface area contributed by atoms with Crippen molar-refractivity contribution in [2.75, 3.05) is 0 Å². The minimum absolute atomic E-state index is 0.0161. The third-order valence-corrected chi connectivity index (χ3v) is 5.86. The minimum atomic E-state index is 0.0161. The number of aromatic nitrogens is 2. The molecule has 0 saturated carbocycles. The van der Waals surface area contributed by atoms with E-state index in [1.54, 1.807) is 15.9 Å². The highest BCUT2D eigenvalue weighted by atomic mass is 32.1. The summed E-state index contributed by atoms with van der Waals surface area (Å²) >= 11 is 7.12. The molecule has 0 radical (unpaired) electrons. The normalized spacial score (nSPS) is 13.7. The zero-order valence-electron chi connectivity index (χ0n) is 12.3. The summed E-state index contributed by atoms with van der Waals surface area (Å²) in [5.74, 6) is 0. The molecule has 2 heterocycles. The molecule has 0 unspecified atom stereocenters. The summed E-state index contributed by atoms with van der Waals surface area (Å²) < 4.78 is 2.10. The first-order valence-electron chi connectivity index (χ1n) is 7.58. The lowest BCUT2D eigenvalue weighted by atomic mass is 10.1. The van der Waals surface area contributed by atoms with Crippen molar-refractivity contribution in [3.05, 3.63) is 55.4 Å². The fraction of sp³-hybridized carbons (Fsp3) is 0.294. The molecule has 0 fully saturated rings. The predicted molar refractivity (Wildman–Crippen MR) is 94.0 cm³/mol. The number of nitrogens with zero attached hydrogens (tertiary/aromatic N) is 1. The molecule has 1 aromatic carbocycles. The SMILES string of the molecule is CCc1ccc(-n2c(=S)[nH]c3sc4c(c3c2=O)CCC4)cc1. The lowest BCUT2D eigenvalue weighted by Crippen LogP contribution is -2.20. The van der Waals surface area contributed by atoms with Crippen LogP contribution in [0.3, 0.4) is 0 Å². The number of fused-ring (bicyclic) bond motifs is 3. The highest BCUT2D eigenvalue weighted by molar-refractivity contribution is 7.71. The molecule has 0 bridgehead atoms. The van der Waals surface area contributed by atoms with Crippen molar-refractivity contribution < 1.29 is 0 Å². The van der Waals surface area contributed by atoms with Gasteiger partial charge in [0.15, 0.2) is 4.77 Å². The average Bonchev–Trinajstić information content (AvgIpc) is 3.08. The Hall–Kier alpha value is -1.72. The molecule has 3 aromatic rings. The second kappa shape index (κ2) is 5.18. The van der Waals surface area contributed by atoms with Gasteiger partial charge in [0.2, 0.25) is 0 Å². The number of rotatable bonds is 2. The third-order valence-electron chi connectivity index (χ3n) is 4.36. The Labute approximate surface area is 137 Å². The van der Waals surface area contributed by atoms with Gasteiger partial charge in [-0.3, -0.25) is 9.36 Å². The molecule has 0 aliphatic heterocycles. The van der Waals surface area contributed by atoms with E-state index in [4.69, 9.17) is 12.2 Å². The lowest BCUT2D eigenvalue weighted by molar-refractivity contribution is 0.910. The molecular formula is C17H16N2OS2. The highest BCUT2D eigenvalue weighted by Crippen LogP contribution is 2.34. The van der Waals surface area contributed by atoms with Crippen LogP contribution in [0.15, 0.2) is 29.1 Å². The topological polar surface area (TPSA) is 37.8 Å². The van der Waals surface area contributed by atoms with Crippen molar-refractivity contribution in [3.63, 3.8) is 0 Å². The van der Waals surface area contributed by atoms with Crippen LogP contribution in [0.1, 0.15) is 29.3 Å². The maximum absolute atomic E-state index is 13.0. The number of nitrogens with one attached hydrogen (secondary N) is 1. The van der Waals surface area contributed by atoms with E-state index >= 15 is 0 Å². The number of hydrogen-bond acceptors (Lipinski definition) is 3. The smallest absolute Gasteiger partial charge is 0.267 e. The summed E-state index contributed by atoms with van der Waals surface area (Å²) in [5, 5.41) is 0.839. The largest absolute Gasteiger partial charge is 0.323 e. The van der Waals surface area contributed by atoms with Crippen LogP contribution in [0.25, 0.3) is 15.9 Å². The first-order valence-corrected chi connectivity index (χ1v) is 8.80. The summed E-state index contributed by atoms with van der Waals surface area (Å²) in [4.78, 5) is 18.5. The second-order valence-corrected chi connectivity index (χ2v) is 7.14. The number of H-pyrrole nitrogens is 1. The molecule has 0 atom stereocenters. The monoisotopic (exact) mass is 328 g/mol. The molecule has 112 valence electrons. The van der Waals surface area contributed by atoms with E-state index in [2.05, 4.69) is 24.0 Å². The van der Waals surface area contributed by atoms with Gasteiger partial charge in [0.1, 0.15) is 4.83 Å². The van der Waals surface area contributed by atoms with Crippen molar-refractivity contribution >= 4 is 33.8 Å². The molecule has 0 saturated heterocycles. The van der Waals surface area contributed by atoms with Crippen molar-refractivity contribution in [2.24, 2.45) is 0 Å². The Bertz CT molecular complexity index is 977. The Kier molecular flexibility index (Phi) is 3.27. The van der Waals surface area contributed by atoms with Crippen molar-refractivity contribution in [1.29, 1.82) is 0 Å². The van der Waals surface area contributed by atoms with Crippen LogP contribution in [0.5, 0.6) is 0 Å². The third kappa shape index (κ3) is 2.00. The minimum Gasteiger partial charge on any atom is -0.323 e. The van der Waals surface area contributed by atoms with Crippen molar-refractivity contribution in [2.45, 2.75) is 32.6 Å². The van der Waals surface area contributed by atoms with Gasteiger partial charge in [-0.05, 0) is 61.2 Å². The predicted octanol–water partition coefficient (Wildman–Crippen LogP) is 4.16. The van der Waals surface area contributed by atoms with Gasteiger partial charge >= 0.3 is 0 Å². The number of thiophene rings is 1. The van der Waals surface area contributed by atoms with E-state index in [0.717, 1.165) is 41.6 Å². The van der Waals surface area contributed by atoms with Gasteiger partial charge in [0.05, 0.1) is 11.1 Å². The number of aryl methyl sites for hydroxylation is 3. The lowest BCUT2D eigenvalue weighted by Gasteiger charge is -2.08. The van der Waals surface area contributed by atoms with Crippen LogP contribution in [0.4, 0.5) is 0 Å². The summed E-state index contributed by atoms with van der Waals surface area (Å²) in [5.41, 5.74) is 3.34. The Balaban J connectivity index is 2.01. The van der Waals surface area contributed by atoms with E-state index in [1.165, 1.54) is 16.0 Å². The maximum Gasteiger partial charge on any atom is 0.267 e. The van der Waals surface area contributed by atoms with Crippen LogP contribution in [0.2, 0.25) is 0 Å². The van der Waals surface area contributed by atoms with Crippen molar-refractivity contribution in [1.82, 2.24) is 9.55 Å². The molecule has 4 rings (SSSR count). The number of benzene rings is 1. The standard InChI is InChI=1S/C17H16N2OS2/c1-2-10-6-8-11(9-7-10)19-16(20)14-12-4-3-5-13(12)22-15(14)18-17(19)21/h6-9H,2-5H2,1H3,(H,18,21). The molecule has 0 spiro atoms. The number of hydrogen-bond donors (Lipinski definition) is 1. The fourth-order valence-corrected chi connectivity index (χ4v) is 4.83. The second-order valence-electron chi connectivity index (χ2n) is 5.65. The van der Waals surface area contributed by atoms with Gasteiger partial charge in [0, 0.05) is 4.88 Å². The summed E-state index contributed by atoms with van der Waals surface area (Å²) in [6.45, 7) is 2.12. The van der Waals surface area contributed by atoms with Gasteiger partial charge in [-0.25, -0.2) is 0 Å². The van der Waals surface area contributed by atoms with Crippen LogP contribution in [-0.2, 0) is 19.3 Å². The Morgan fingerprint density at radius 3 is 2.77 bits per heavy atom. The summed E-state index contributed by atoms with van der Waals surface area (Å²) in [7, 11) is 0. The van der Waals surface area contributed by atoms with Gasteiger partial charge in [-0.1, -0.05) is 19.1 Å². The van der Waals surface area contributed by atoms with Gasteiger partial charge in [-0.15, -0.1) is 11.3 Å². The quantitative estimate of drug-likeness (QED) is 0.717. The Morgan fingerprint density at radius 2 is 2.05 bits per heavy atom. The van der Waals surface area contributed by atoms with Crippen LogP contribution in [-0.4, -0.2) is 9.55 Å². The van der Waals surface area contributed by atoms with Crippen molar-refractivity contribution in [3.8, 4) is 5.69 Å². The Morgan fingerprint density at radius 1 is 1.27 bits per heavy atom. The molecular weight excluding hydrogens is 312 g/mol. The first kappa shape index (κ1) is 13.9. The van der Waals surface area contributed by atoms with Gasteiger partial charge in [0.25, 0.3) is 5.56 Å². The molecule has 2 aromatic heterocycles. The molecule has 1 aliphatic carbocycles. The van der Waals surface area contributed by atoms with Gasteiger partial charge < -0.3 is 4.98 Å². The first-order chi connectivity index (χ1) is 10.7. The van der Waals surface area contributed by atoms with E-state index in [-0.39, 0.29) is 5.56 Å². The molecule has 1 aliphatic rings. The van der Waals surface area contributed by atoms with E-state index in [1.807, 2.05) is 12.1 Å². The van der Waals surface area contributed by atoms with Crippen LogP contribution < -0.4 is 5.56 Å². The molecule has 0 amide bonds. The molecule has 22 heavy (non-hydrogen) atoms.